The Kier molecular flexibility index (Phi) is 6.56. The second kappa shape index (κ2) is 9.39. The first-order valence-electron chi connectivity index (χ1n) is 11.2. The van der Waals surface area contributed by atoms with Crippen LogP contribution in [0.3, 0.4) is 0 Å². The fraction of sp³-hybridized carbons (Fsp3) is 0.360. The van der Waals surface area contributed by atoms with Crippen LogP contribution in [0.2, 0.25) is 0 Å². The molecule has 172 valence electrons. The number of carbonyl (C=O) groups is 1. The van der Waals surface area contributed by atoms with Crippen molar-refractivity contribution in [2.45, 2.75) is 53.4 Å². The van der Waals surface area contributed by atoms with E-state index in [0.717, 1.165) is 64.7 Å². The number of rotatable bonds is 7. The minimum Gasteiger partial charge on any atom is -0.495 e. The molecular formula is C25H29N5O2S. The number of nitrogens with zero attached hydrogens (tertiary/aromatic N) is 4. The maximum absolute atomic E-state index is 12.8. The average molecular weight is 464 g/mol. The highest BCUT2D eigenvalue weighted by atomic mass is 32.2. The second-order valence-corrected chi connectivity index (χ2v) is 9.35. The number of aliphatic imine (C=N–C) groups is 1. The summed E-state index contributed by atoms with van der Waals surface area (Å²) in [5.74, 6) is 0.444. The molecule has 0 spiro atoms. The zero-order valence-electron chi connectivity index (χ0n) is 19.7. The van der Waals surface area contributed by atoms with E-state index in [9.17, 15) is 4.79 Å². The van der Waals surface area contributed by atoms with Gasteiger partial charge in [0.2, 0.25) is 5.17 Å². The number of hydrogen-bond donors (Lipinski definition) is 1. The minimum atomic E-state index is -0.401. The van der Waals surface area contributed by atoms with Crippen LogP contribution in [0.4, 0.5) is 0 Å². The standard InChI is InChI=1S/C25H29N5O2S/c1-6-7-8-9-22-28-30-23(26)19(24(31)27-25(30)33-22)14-18-13-16(3)29(17(18)4)20-12-15(2)10-11-21(20)32-5/h10-14,26H,6-9H2,1-5H3/b19-14+,26-23?. The Hall–Kier alpha value is -3.13. The quantitative estimate of drug-likeness (QED) is 0.427. The summed E-state index contributed by atoms with van der Waals surface area (Å²) in [5.41, 5.74) is 5.15. The normalized spacial score (nSPS) is 16.9. The summed E-state index contributed by atoms with van der Waals surface area (Å²) in [5, 5.41) is 16.1. The molecule has 0 radical (unpaired) electrons. The molecule has 0 saturated heterocycles. The maximum Gasteiger partial charge on any atom is 0.283 e. The number of aromatic nitrogens is 1. The molecule has 7 nitrogen and oxygen atoms in total. The zero-order valence-corrected chi connectivity index (χ0v) is 20.5. The van der Waals surface area contributed by atoms with Gasteiger partial charge in [0.05, 0.1) is 18.4 Å². The zero-order chi connectivity index (χ0) is 23.7. The first-order chi connectivity index (χ1) is 15.8. The number of nitrogens with one attached hydrogen (secondary N) is 1. The lowest BCUT2D eigenvalue weighted by Crippen LogP contribution is -2.35. The molecule has 0 fully saturated rings. The molecule has 3 heterocycles. The van der Waals surface area contributed by atoms with Gasteiger partial charge in [-0.2, -0.15) is 15.1 Å². The van der Waals surface area contributed by atoms with E-state index in [0.29, 0.717) is 5.17 Å². The first-order valence-corrected chi connectivity index (χ1v) is 12.0. The first kappa shape index (κ1) is 23.0. The van der Waals surface area contributed by atoms with Crippen LogP contribution in [0.15, 0.2) is 39.9 Å². The molecule has 1 aromatic heterocycles. The summed E-state index contributed by atoms with van der Waals surface area (Å²) in [7, 11) is 1.66. The molecule has 1 N–H and O–H groups in total. The van der Waals surface area contributed by atoms with Gasteiger partial charge in [-0.05, 0) is 80.8 Å². The molecule has 2 aliphatic rings. The lowest BCUT2D eigenvalue weighted by molar-refractivity contribution is -0.114. The van der Waals surface area contributed by atoms with Crippen LogP contribution in [-0.2, 0) is 4.79 Å². The van der Waals surface area contributed by atoms with Crippen molar-refractivity contribution in [2.75, 3.05) is 7.11 Å². The number of amides is 1. The third kappa shape index (κ3) is 4.39. The third-order valence-corrected chi connectivity index (χ3v) is 6.80. The van der Waals surface area contributed by atoms with Crippen LogP contribution in [0.1, 0.15) is 55.1 Å². The van der Waals surface area contributed by atoms with Gasteiger partial charge < -0.3 is 9.30 Å². The summed E-state index contributed by atoms with van der Waals surface area (Å²) < 4.78 is 7.70. The monoisotopic (exact) mass is 463 g/mol. The predicted molar refractivity (Wildman–Crippen MR) is 136 cm³/mol. The van der Waals surface area contributed by atoms with Crippen LogP contribution in [0, 0.1) is 26.2 Å². The molecule has 0 unspecified atom stereocenters. The molecule has 8 heteroatoms. The van der Waals surface area contributed by atoms with Crippen molar-refractivity contribution in [2.24, 2.45) is 10.1 Å². The predicted octanol–water partition coefficient (Wildman–Crippen LogP) is 5.61. The highest BCUT2D eigenvalue weighted by Crippen LogP contribution is 2.33. The maximum atomic E-state index is 12.8. The average Bonchev–Trinajstić information content (AvgIpc) is 3.31. The molecule has 0 aliphatic carbocycles. The lowest BCUT2D eigenvalue weighted by Gasteiger charge is -2.20. The highest BCUT2D eigenvalue weighted by molar-refractivity contribution is 8.26. The van der Waals surface area contributed by atoms with Crippen molar-refractivity contribution < 1.29 is 9.53 Å². The number of hydrazone groups is 1. The molecule has 4 rings (SSSR count). The van der Waals surface area contributed by atoms with E-state index in [2.05, 4.69) is 27.7 Å². The number of fused-ring (bicyclic) bond motifs is 1. The van der Waals surface area contributed by atoms with Gasteiger partial charge in [0.15, 0.2) is 5.84 Å². The number of unbranched alkanes of at least 4 members (excludes halogenated alkanes) is 2. The summed E-state index contributed by atoms with van der Waals surface area (Å²) >= 11 is 1.39. The number of carbonyl (C=O) groups excluding carboxylic acids is 1. The molecule has 0 atom stereocenters. The topological polar surface area (TPSA) is 83.0 Å². The van der Waals surface area contributed by atoms with Crippen LogP contribution in [0.25, 0.3) is 11.8 Å². The molecule has 1 aromatic carbocycles. The number of hydrogen-bond acceptors (Lipinski definition) is 5. The summed E-state index contributed by atoms with van der Waals surface area (Å²) in [4.78, 5) is 17.0. The van der Waals surface area contributed by atoms with Gasteiger partial charge in [-0.3, -0.25) is 10.2 Å². The molecule has 0 saturated carbocycles. The Morgan fingerprint density at radius 3 is 2.70 bits per heavy atom. The molecule has 2 aromatic rings. The van der Waals surface area contributed by atoms with E-state index in [1.807, 2.05) is 39.0 Å². The highest BCUT2D eigenvalue weighted by Gasteiger charge is 2.35. The van der Waals surface area contributed by atoms with Gasteiger partial charge in [-0.1, -0.05) is 25.8 Å². The summed E-state index contributed by atoms with van der Waals surface area (Å²) in [6.45, 7) is 8.23. The van der Waals surface area contributed by atoms with Crippen molar-refractivity contribution >= 4 is 39.8 Å². The fourth-order valence-electron chi connectivity index (χ4n) is 4.09. The summed E-state index contributed by atoms with van der Waals surface area (Å²) in [6.07, 6.45) is 5.91. The second-order valence-electron chi connectivity index (χ2n) is 8.31. The van der Waals surface area contributed by atoms with Crippen molar-refractivity contribution in [3.05, 3.63) is 52.4 Å². The van der Waals surface area contributed by atoms with Crippen molar-refractivity contribution in [3.63, 3.8) is 0 Å². The Morgan fingerprint density at radius 2 is 1.97 bits per heavy atom. The largest absolute Gasteiger partial charge is 0.495 e. The van der Waals surface area contributed by atoms with E-state index < -0.39 is 5.91 Å². The molecule has 1 amide bonds. The summed E-state index contributed by atoms with van der Waals surface area (Å²) in [6, 6.07) is 8.07. The number of amidine groups is 2. The Balaban J connectivity index is 1.68. The number of methoxy groups -OCH3 is 1. The van der Waals surface area contributed by atoms with Gasteiger partial charge >= 0.3 is 0 Å². The lowest BCUT2D eigenvalue weighted by atomic mass is 10.1. The van der Waals surface area contributed by atoms with Crippen molar-refractivity contribution in [3.8, 4) is 11.4 Å². The van der Waals surface area contributed by atoms with Gasteiger partial charge in [-0.15, -0.1) is 0 Å². The van der Waals surface area contributed by atoms with Gasteiger partial charge in [-0.25, -0.2) is 0 Å². The smallest absolute Gasteiger partial charge is 0.283 e. The molecule has 33 heavy (non-hydrogen) atoms. The van der Waals surface area contributed by atoms with E-state index in [4.69, 9.17) is 10.1 Å². The van der Waals surface area contributed by atoms with Crippen LogP contribution >= 0.6 is 11.8 Å². The van der Waals surface area contributed by atoms with Gasteiger partial charge in [0.1, 0.15) is 10.8 Å². The van der Waals surface area contributed by atoms with Crippen molar-refractivity contribution in [1.82, 2.24) is 9.58 Å². The third-order valence-electron chi connectivity index (χ3n) is 5.84. The van der Waals surface area contributed by atoms with Crippen LogP contribution < -0.4 is 4.74 Å². The minimum absolute atomic E-state index is 0.0703. The molecular weight excluding hydrogens is 434 g/mol. The van der Waals surface area contributed by atoms with E-state index in [-0.39, 0.29) is 11.4 Å². The fourth-order valence-corrected chi connectivity index (χ4v) is 5.02. The van der Waals surface area contributed by atoms with Crippen LogP contribution in [0.5, 0.6) is 5.75 Å². The number of aryl methyl sites for hydroxylation is 2. The van der Waals surface area contributed by atoms with Gasteiger partial charge in [0.25, 0.3) is 5.91 Å². The SMILES string of the molecule is CCCCCC1=NN2C(=N)/C(=C\c3cc(C)n(-c4cc(C)ccc4OC)c3C)C(=O)N=C2S1. The van der Waals surface area contributed by atoms with E-state index in [1.165, 1.54) is 16.8 Å². The van der Waals surface area contributed by atoms with E-state index in [1.54, 1.807) is 13.2 Å². The van der Waals surface area contributed by atoms with E-state index >= 15 is 0 Å². The molecule has 0 bridgehead atoms. The van der Waals surface area contributed by atoms with Crippen LogP contribution in [-0.4, -0.2) is 38.6 Å². The van der Waals surface area contributed by atoms with Crippen molar-refractivity contribution in [1.29, 1.82) is 5.41 Å². The number of ether oxygens (including phenoxy) is 1. The van der Waals surface area contributed by atoms with Gasteiger partial charge in [0, 0.05) is 11.4 Å². The Labute approximate surface area is 198 Å². The Bertz CT molecular complexity index is 1220. The molecule has 2 aliphatic heterocycles. The number of benzene rings is 1. The number of thioether (sulfide) groups is 1. The Morgan fingerprint density at radius 1 is 1.18 bits per heavy atom.